The second kappa shape index (κ2) is 12.4. The molecule has 0 aliphatic rings. The van der Waals surface area contributed by atoms with Gasteiger partial charge in [0.1, 0.15) is 11.5 Å². The normalized spacial score (nSPS) is 11.0. The second-order valence-corrected chi connectivity index (χ2v) is 7.79. The summed E-state index contributed by atoms with van der Waals surface area (Å²) in [5.41, 5.74) is 0.921. The number of nitrogens with zero attached hydrogens (tertiary/aromatic N) is 3. The number of H-pyrrole nitrogens is 1. The number of halogens is 1. The Kier molecular flexibility index (Phi) is 8.99. The van der Waals surface area contributed by atoms with E-state index in [1.165, 1.54) is 29.1 Å². The van der Waals surface area contributed by atoms with Crippen LogP contribution in [-0.4, -0.2) is 58.5 Å². The van der Waals surface area contributed by atoms with Crippen LogP contribution < -0.4 is 15.6 Å². The summed E-state index contributed by atoms with van der Waals surface area (Å²) >= 11 is 5.94. The molecular weight excluding hydrogens is 474 g/mol. The number of nitrogens with one attached hydrogen (secondary N) is 2. The minimum atomic E-state index is -0.546. The zero-order chi connectivity index (χ0) is 25.2. The van der Waals surface area contributed by atoms with Gasteiger partial charge in [-0.05, 0) is 48.0 Å². The van der Waals surface area contributed by atoms with E-state index in [9.17, 15) is 14.4 Å². The number of guanidine groups is 1. The van der Waals surface area contributed by atoms with Gasteiger partial charge in [0, 0.05) is 30.9 Å². The lowest BCUT2D eigenvalue weighted by Gasteiger charge is -2.23. The van der Waals surface area contributed by atoms with Gasteiger partial charge in [0.15, 0.2) is 0 Å². The molecule has 0 atom stereocenters. The van der Waals surface area contributed by atoms with Crippen LogP contribution >= 0.6 is 11.6 Å². The Morgan fingerprint density at radius 3 is 2.49 bits per heavy atom. The fraction of sp³-hybridized carbons (Fsp3) is 0.167. The Morgan fingerprint density at radius 2 is 1.86 bits per heavy atom. The minimum Gasteiger partial charge on any atom is -0.457 e. The molecular formula is C24H24ClN5O5. The first kappa shape index (κ1) is 25.5. The number of carbonyl (C=O) groups is 2. The molecule has 0 aliphatic heterocycles. The lowest BCUT2D eigenvalue weighted by Crippen LogP contribution is -2.48. The Balaban J connectivity index is 1.85. The van der Waals surface area contributed by atoms with Crippen LogP contribution in [0.15, 0.2) is 76.6 Å². The highest BCUT2D eigenvalue weighted by Crippen LogP contribution is 2.23. The monoisotopic (exact) mass is 497 g/mol. The first-order valence-corrected chi connectivity index (χ1v) is 10.9. The zero-order valence-electron chi connectivity index (χ0n) is 18.8. The maximum Gasteiger partial charge on any atom is 0.323 e. The van der Waals surface area contributed by atoms with Gasteiger partial charge in [0.2, 0.25) is 12.4 Å². The molecule has 3 N–H and O–H groups in total. The van der Waals surface area contributed by atoms with E-state index in [0.717, 1.165) is 5.56 Å². The second-order valence-electron chi connectivity index (χ2n) is 7.36. The van der Waals surface area contributed by atoms with Crippen molar-refractivity contribution in [1.29, 1.82) is 0 Å². The quantitative estimate of drug-likeness (QED) is 0.250. The summed E-state index contributed by atoms with van der Waals surface area (Å²) in [6.45, 7) is 0.0201. The average Bonchev–Trinajstić information content (AvgIpc) is 2.84. The number of ether oxygens (including phenoxy) is 1. The van der Waals surface area contributed by atoms with Crippen molar-refractivity contribution in [3.05, 3.63) is 87.8 Å². The molecule has 3 rings (SSSR count). The van der Waals surface area contributed by atoms with Crippen LogP contribution in [0, 0.1) is 0 Å². The van der Waals surface area contributed by atoms with E-state index >= 15 is 0 Å². The molecule has 0 unspecified atom stereocenters. The summed E-state index contributed by atoms with van der Waals surface area (Å²) in [6, 6.07) is 15.9. The fourth-order valence-corrected chi connectivity index (χ4v) is 3.02. The molecule has 2 aromatic carbocycles. The lowest BCUT2D eigenvalue weighted by atomic mass is 10.2. The number of aliphatic hydroxyl groups is 1. The standard InChI is InChI=1S/C24H24ClN5O5/c1-29(12-13-31)24(34)28-23(30(16-32)15-17-2-4-18(25)5-3-17)27-19-6-8-20(9-7-19)35-21-10-11-26-22(33)14-21/h2-11,14,16,31H,12-13,15H2,1H3,(H,26,33)(H,27,28,34). The van der Waals surface area contributed by atoms with Gasteiger partial charge in [-0.2, -0.15) is 0 Å². The number of likely N-dealkylation sites (N-methyl/N-ethyl adjacent to an activating group) is 1. The summed E-state index contributed by atoms with van der Waals surface area (Å²) in [7, 11) is 1.51. The first-order chi connectivity index (χ1) is 16.9. The number of hydrogen-bond donors (Lipinski definition) is 3. The molecule has 0 bridgehead atoms. The van der Waals surface area contributed by atoms with Crippen molar-refractivity contribution in [2.75, 3.05) is 20.2 Å². The molecule has 35 heavy (non-hydrogen) atoms. The molecule has 0 saturated carbocycles. The molecule has 1 aromatic heterocycles. The van der Waals surface area contributed by atoms with Crippen molar-refractivity contribution in [3.8, 4) is 11.5 Å². The number of carbonyl (C=O) groups excluding carboxylic acids is 2. The van der Waals surface area contributed by atoms with Gasteiger partial charge < -0.3 is 19.7 Å². The Bertz CT molecular complexity index is 1230. The summed E-state index contributed by atoms with van der Waals surface area (Å²) in [5.74, 6) is 0.837. The van der Waals surface area contributed by atoms with Crippen LogP contribution in [0.5, 0.6) is 11.5 Å². The number of aliphatic imine (C=N–C) groups is 1. The number of aromatic amines is 1. The van der Waals surface area contributed by atoms with E-state index < -0.39 is 6.03 Å². The van der Waals surface area contributed by atoms with Gasteiger partial charge in [0.25, 0.3) is 5.56 Å². The van der Waals surface area contributed by atoms with Gasteiger partial charge in [-0.1, -0.05) is 23.7 Å². The maximum atomic E-state index is 12.6. The number of rotatable bonds is 8. The zero-order valence-corrected chi connectivity index (χ0v) is 19.6. The smallest absolute Gasteiger partial charge is 0.323 e. The molecule has 0 radical (unpaired) electrons. The third kappa shape index (κ3) is 7.70. The predicted molar refractivity (Wildman–Crippen MR) is 132 cm³/mol. The van der Waals surface area contributed by atoms with Crippen LogP contribution in [-0.2, 0) is 11.3 Å². The van der Waals surface area contributed by atoms with Crippen molar-refractivity contribution < 1.29 is 19.4 Å². The van der Waals surface area contributed by atoms with Crippen LogP contribution in [0.25, 0.3) is 0 Å². The third-order valence-electron chi connectivity index (χ3n) is 4.72. The van der Waals surface area contributed by atoms with Crippen LogP contribution in [0.1, 0.15) is 5.56 Å². The average molecular weight is 498 g/mol. The highest BCUT2D eigenvalue weighted by molar-refractivity contribution is 6.30. The summed E-state index contributed by atoms with van der Waals surface area (Å²) in [5, 5.41) is 12.3. The highest BCUT2D eigenvalue weighted by atomic mass is 35.5. The SMILES string of the molecule is CN(CCO)C(=O)NC(=Nc1ccc(Oc2cc[nH]c(=O)c2)cc1)N(C=O)Cc1ccc(Cl)cc1. The highest BCUT2D eigenvalue weighted by Gasteiger charge is 2.17. The Morgan fingerprint density at radius 1 is 1.14 bits per heavy atom. The first-order valence-electron chi connectivity index (χ1n) is 10.5. The van der Waals surface area contributed by atoms with E-state index in [0.29, 0.717) is 28.6 Å². The van der Waals surface area contributed by atoms with Gasteiger partial charge >= 0.3 is 6.03 Å². The molecule has 10 nitrogen and oxygen atoms in total. The molecule has 1 heterocycles. The molecule has 11 heteroatoms. The van der Waals surface area contributed by atoms with Gasteiger partial charge in [-0.25, -0.2) is 9.79 Å². The van der Waals surface area contributed by atoms with Crippen LogP contribution in [0.4, 0.5) is 10.5 Å². The molecule has 0 fully saturated rings. The number of hydrogen-bond acceptors (Lipinski definition) is 6. The molecule has 3 aromatic rings. The topological polar surface area (TPSA) is 127 Å². The molecule has 182 valence electrons. The summed E-state index contributed by atoms with van der Waals surface area (Å²) in [6.07, 6.45) is 2.04. The Hall–Kier alpha value is -4.15. The van der Waals surface area contributed by atoms with E-state index in [1.54, 1.807) is 54.6 Å². The van der Waals surface area contributed by atoms with Crippen molar-refractivity contribution in [3.63, 3.8) is 0 Å². The largest absolute Gasteiger partial charge is 0.457 e. The number of amides is 3. The maximum absolute atomic E-state index is 12.6. The number of benzene rings is 2. The van der Waals surface area contributed by atoms with Crippen molar-refractivity contribution in [2.24, 2.45) is 4.99 Å². The molecule has 3 amide bonds. The van der Waals surface area contributed by atoms with E-state index in [-0.39, 0.29) is 31.2 Å². The predicted octanol–water partition coefficient (Wildman–Crippen LogP) is 3.10. The van der Waals surface area contributed by atoms with Gasteiger partial charge in [-0.15, -0.1) is 0 Å². The minimum absolute atomic E-state index is 0.00648. The Labute approximate surface area is 206 Å². The number of aromatic nitrogens is 1. The third-order valence-corrected chi connectivity index (χ3v) is 4.97. The van der Waals surface area contributed by atoms with E-state index in [1.807, 2.05) is 0 Å². The van der Waals surface area contributed by atoms with Crippen LogP contribution in [0.2, 0.25) is 5.02 Å². The summed E-state index contributed by atoms with van der Waals surface area (Å²) < 4.78 is 5.65. The molecule has 0 spiro atoms. The van der Waals surface area contributed by atoms with Gasteiger partial charge in [0.05, 0.1) is 18.8 Å². The number of aliphatic hydroxyl groups excluding tert-OH is 1. The molecule has 0 aliphatic carbocycles. The van der Waals surface area contributed by atoms with Gasteiger partial charge in [-0.3, -0.25) is 19.8 Å². The number of urea groups is 1. The van der Waals surface area contributed by atoms with E-state index in [4.69, 9.17) is 21.4 Å². The van der Waals surface area contributed by atoms with E-state index in [2.05, 4.69) is 15.3 Å². The van der Waals surface area contributed by atoms with Crippen molar-refractivity contribution in [1.82, 2.24) is 20.1 Å². The number of pyridine rings is 1. The molecule has 0 saturated heterocycles. The van der Waals surface area contributed by atoms with Crippen LogP contribution in [0.3, 0.4) is 0 Å². The lowest BCUT2D eigenvalue weighted by molar-refractivity contribution is -0.115. The van der Waals surface area contributed by atoms with Crippen molar-refractivity contribution in [2.45, 2.75) is 6.54 Å². The van der Waals surface area contributed by atoms with Crippen molar-refractivity contribution >= 4 is 35.7 Å². The fourth-order valence-electron chi connectivity index (χ4n) is 2.89. The summed E-state index contributed by atoms with van der Waals surface area (Å²) in [4.78, 5) is 45.4.